The van der Waals surface area contributed by atoms with E-state index >= 15 is 0 Å². The molecule has 4 aromatic rings. The molecule has 1 aliphatic rings. The molecule has 3 aromatic carbocycles. The quantitative estimate of drug-likeness (QED) is 0.354. The van der Waals surface area contributed by atoms with Gasteiger partial charge in [0.2, 0.25) is 0 Å². The molecule has 0 bridgehead atoms. The van der Waals surface area contributed by atoms with Crippen LogP contribution >= 0.6 is 11.6 Å². The molecule has 0 saturated carbocycles. The number of carbonyl (C=O) groups is 1. The molecule has 1 amide bonds. The van der Waals surface area contributed by atoms with E-state index in [4.69, 9.17) is 16.7 Å². The smallest absolute Gasteiger partial charge is 0.253 e. The second-order valence-electron chi connectivity index (χ2n) is 9.24. The summed E-state index contributed by atoms with van der Waals surface area (Å²) in [7, 11) is 1.85. The molecule has 35 heavy (non-hydrogen) atoms. The number of halogens is 1. The Kier molecular flexibility index (Phi) is 6.71. The molecule has 178 valence electrons. The minimum atomic E-state index is -0.00386. The minimum absolute atomic E-state index is 0.00386. The van der Waals surface area contributed by atoms with Crippen LogP contribution in [0.3, 0.4) is 0 Å². The third-order valence-electron chi connectivity index (χ3n) is 6.55. The van der Waals surface area contributed by atoms with E-state index in [1.165, 1.54) is 22.4 Å². The van der Waals surface area contributed by atoms with Crippen LogP contribution in [-0.4, -0.2) is 39.1 Å². The summed E-state index contributed by atoms with van der Waals surface area (Å²) in [5, 5.41) is 5.80. The number of amides is 1. The second kappa shape index (κ2) is 10.1. The molecule has 0 N–H and O–H groups in total. The average molecular weight is 485 g/mol. The molecular weight excluding hydrogens is 456 g/mol. The number of rotatable bonds is 6. The first-order chi connectivity index (χ1) is 17.0. The lowest BCUT2D eigenvalue weighted by Crippen LogP contribution is -2.32. The third kappa shape index (κ3) is 5.16. The first-order valence-electron chi connectivity index (χ1n) is 11.9. The Labute approximate surface area is 211 Å². The van der Waals surface area contributed by atoms with Gasteiger partial charge in [-0.3, -0.25) is 9.69 Å². The van der Waals surface area contributed by atoms with Gasteiger partial charge in [0.05, 0.1) is 23.6 Å². The van der Waals surface area contributed by atoms with Gasteiger partial charge in [-0.15, -0.1) is 0 Å². The van der Waals surface area contributed by atoms with Crippen molar-refractivity contribution in [3.8, 4) is 5.69 Å². The van der Waals surface area contributed by atoms with Crippen LogP contribution in [0.1, 0.15) is 38.4 Å². The maximum absolute atomic E-state index is 13.0. The maximum atomic E-state index is 13.0. The zero-order chi connectivity index (χ0) is 24.4. The van der Waals surface area contributed by atoms with Crippen molar-refractivity contribution in [3.05, 3.63) is 118 Å². The van der Waals surface area contributed by atoms with E-state index in [2.05, 4.69) is 46.8 Å². The van der Waals surface area contributed by atoms with Gasteiger partial charge < -0.3 is 4.90 Å². The van der Waals surface area contributed by atoms with Crippen LogP contribution in [0.2, 0.25) is 5.02 Å². The molecule has 5 nitrogen and oxygen atoms in total. The summed E-state index contributed by atoms with van der Waals surface area (Å²) < 4.78 is 2.07. The van der Waals surface area contributed by atoms with E-state index in [0.717, 1.165) is 42.5 Å². The van der Waals surface area contributed by atoms with Gasteiger partial charge in [-0.2, -0.15) is 5.10 Å². The number of hydrogen-bond acceptors (Lipinski definition) is 3. The summed E-state index contributed by atoms with van der Waals surface area (Å²) in [5.74, 6) is -0.00386. The van der Waals surface area contributed by atoms with Crippen molar-refractivity contribution >= 4 is 17.5 Å². The summed E-state index contributed by atoms with van der Waals surface area (Å²) in [5.41, 5.74) is 7.55. The van der Waals surface area contributed by atoms with Crippen LogP contribution in [0.15, 0.2) is 78.9 Å². The van der Waals surface area contributed by atoms with Crippen molar-refractivity contribution < 1.29 is 4.79 Å². The standard InChI is InChI=1S/C29H29ClN4O/c1-21-11-13-25(14-12-21)34-28-15-16-33(18-22-7-6-10-24(30)17-22)19-26(28)27(31-34)20-32(2)29(35)23-8-4-3-5-9-23/h3-14,17H,15-16,18-20H2,1-2H3. The van der Waals surface area contributed by atoms with Gasteiger partial charge >= 0.3 is 0 Å². The Hall–Kier alpha value is -3.41. The lowest BCUT2D eigenvalue weighted by atomic mass is 10.0. The van der Waals surface area contributed by atoms with Gasteiger partial charge in [0.25, 0.3) is 5.91 Å². The first kappa shape index (κ1) is 23.3. The fourth-order valence-corrected chi connectivity index (χ4v) is 4.91. The molecule has 0 aliphatic carbocycles. The first-order valence-corrected chi connectivity index (χ1v) is 12.3. The number of hydrogen-bond donors (Lipinski definition) is 0. The number of nitrogens with zero attached hydrogens (tertiary/aromatic N) is 4. The van der Waals surface area contributed by atoms with Gasteiger partial charge in [-0.25, -0.2) is 4.68 Å². The SMILES string of the molecule is Cc1ccc(-n2nc(CN(C)C(=O)c3ccccc3)c3c2CCN(Cc2cccc(Cl)c2)C3)cc1. The van der Waals surface area contributed by atoms with Crippen LogP contribution in [-0.2, 0) is 26.1 Å². The van der Waals surface area contributed by atoms with E-state index in [1.807, 2.05) is 55.6 Å². The minimum Gasteiger partial charge on any atom is -0.336 e. The number of benzene rings is 3. The lowest BCUT2D eigenvalue weighted by Gasteiger charge is -2.28. The summed E-state index contributed by atoms with van der Waals surface area (Å²) in [6.45, 7) is 5.10. The highest BCUT2D eigenvalue weighted by Crippen LogP contribution is 2.28. The molecule has 0 unspecified atom stereocenters. The highest BCUT2D eigenvalue weighted by Gasteiger charge is 2.27. The molecule has 6 heteroatoms. The second-order valence-corrected chi connectivity index (χ2v) is 9.67. The summed E-state index contributed by atoms with van der Waals surface area (Å²) in [6.07, 6.45) is 0.896. The fraction of sp³-hybridized carbons (Fsp3) is 0.241. The molecule has 0 spiro atoms. The van der Waals surface area contributed by atoms with Crippen LogP contribution in [0.5, 0.6) is 0 Å². The van der Waals surface area contributed by atoms with Crippen LogP contribution in [0, 0.1) is 6.92 Å². The number of fused-ring (bicyclic) bond motifs is 1. The Balaban J connectivity index is 1.45. The van der Waals surface area contributed by atoms with Crippen molar-refractivity contribution in [1.82, 2.24) is 19.6 Å². The van der Waals surface area contributed by atoms with Crippen molar-refractivity contribution in [1.29, 1.82) is 0 Å². The number of carbonyl (C=O) groups excluding carboxylic acids is 1. The van der Waals surface area contributed by atoms with E-state index < -0.39 is 0 Å². The molecule has 5 rings (SSSR count). The average Bonchev–Trinajstić information content (AvgIpc) is 3.22. The van der Waals surface area contributed by atoms with Crippen LogP contribution < -0.4 is 0 Å². The highest BCUT2D eigenvalue weighted by atomic mass is 35.5. The Morgan fingerprint density at radius 3 is 2.54 bits per heavy atom. The number of aryl methyl sites for hydroxylation is 1. The molecule has 0 fully saturated rings. The number of aromatic nitrogens is 2. The Bertz CT molecular complexity index is 1330. The topological polar surface area (TPSA) is 41.4 Å². The predicted molar refractivity (Wildman–Crippen MR) is 140 cm³/mol. The Morgan fingerprint density at radius 2 is 1.80 bits per heavy atom. The lowest BCUT2D eigenvalue weighted by molar-refractivity contribution is 0.0782. The summed E-state index contributed by atoms with van der Waals surface area (Å²) >= 11 is 6.22. The molecule has 0 saturated heterocycles. The predicted octanol–water partition coefficient (Wildman–Crippen LogP) is 5.66. The summed E-state index contributed by atoms with van der Waals surface area (Å²) in [6, 6.07) is 25.9. The van der Waals surface area contributed by atoms with Gasteiger partial charge in [0, 0.05) is 49.3 Å². The highest BCUT2D eigenvalue weighted by molar-refractivity contribution is 6.30. The van der Waals surface area contributed by atoms with Gasteiger partial charge in [-0.05, 0) is 48.9 Å². The molecular formula is C29H29ClN4O. The zero-order valence-electron chi connectivity index (χ0n) is 20.1. The molecule has 0 atom stereocenters. The van der Waals surface area contributed by atoms with E-state index in [1.54, 1.807) is 4.90 Å². The van der Waals surface area contributed by atoms with Crippen LogP contribution in [0.4, 0.5) is 0 Å². The largest absolute Gasteiger partial charge is 0.336 e. The molecule has 1 aromatic heterocycles. The van der Waals surface area contributed by atoms with Gasteiger partial charge in [0.1, 0.15) is 0 Å². The third-order valence-corrected chi connectivity index (χ3v) is 6.78. The maximum Gasteiger partial charge on any atom is 0.253 e. The molecule has 1 aliphatic heterocycles. The monoisotopic (exact) mass is 484 g/mol. The normalized spacial score (nSPS) is 13.5. The zero-order valence-corrected chi connectivity index (χ0v) is 20.9. The summed E-state index contributed by atoms with van der Waals surface area (Å²) in [4.78, 5) is 17.2. The van der Waals surface area contributed by atoms with Crippen LogP contribution in [0.25, 0.3) is 5.69 Å². The molecule has 2 heterocycles. The van der Waals surface area contributed by atoms with E-state index in [0.29, 0.717) is 12.1 Å². The Morgan fingerprint density at radius 1 is 1.03 bits per heavy atom. The van der Waals surface area contributed by atoms with Crippen molar-refractivity contribution in [2.75, 3.05) is 13.6 Å². The van der Waals surface area contributed by atoms with E-state index in [9.17, 15) is 4.79 Å². The fourth-order valence-electron chi connectivity index (χ4n) is 4.69. The van der Waals surface area contributed by atoms with Crippen molar-refractivity contribution in [2.45, 2.75) is 33.0 Å². The van der Waals surface area contributed by atoms with E-state index in [-0.39, 0.29) is 5.91 Å². The van der Waals surface area contributed by atoms with Crippen molar-refractivity contribution in [2.24, 2.45) is 0 Å². The molecule has 0 radical (unpaired) electrons. The van der Waals surface area contributed by atoms with Gasteiger partial charge in [0.15, 0.2) is 0 Å². The van der Waals surface area contributed by atoms with Gasteiger partial charge in [-0.1, -0.05) is 59.6 Å². The van der Waals surface area contributed by atoms with Crippen molar-refractivity contribution in [3.63, 3.8) is 0 Å².